The number of hydrogen-bond acceptors (Lipinski definition) is 2. The highest BCUT2D eigenvalue weighted by molar-refractivity contribution is 7.80. The Morgan fingerprint density at radius 1 is 1.08 bits per heavy atom. The number of nitrogens with one attached hydrogen (secondary N) is 1. The molecular weight excluding hydrogens is 357 g/mol. The molecule has 0 aliphatic carbocycles. The van der Waals surface area contributed by atoms with E-state index in [4.69, 9.17) is 0 Å². The molecule has 0 bridgehead atoms. The summed E-state index contributed by atoms with van der Waals surface area (Å²) in [5.41, 5.74) is 2.73. The first-order valence-electron chi connectivity index (χ1n) is 8.04. The average Bonchev–Trinajstić information content (AvgIpc) is 2.93. The maximum atomic E-state index is 13.6. The molecule has 1 N–H and O–H groups in total. The third-order valence-electron chi connectivity index (χ3n) is 4.59. The molecule has 2 aromatic carbocycles. The number of rotatable bonds is 1. The quantitative estimate of drug-likeness (QED) is 0.377. The number of hydrogen-bond donors (Lipinski definition) is 2. The number of nitrogens with zero attached hydrogens (tertiary/aromatic N) is 1. The molecule has 2 nitrogen and oxygen atoms in total. The van der Waals surface area contributed by atoms with Gasteiger partial charge in [0.1, 0.15) is 5.65 Å². The summed E-state index contributed by atoms with van der Waals surface area (Å²) in [7, 11) is 0. The van der Waals surface area contributed by atoms with Gasteiger partial charge in [-0.2, -0.15) is 13.2 Å². The molecule has 4 aromatic rings. The molecule has 4 rings (SSSR count). The number of halogens is 3. The molecule has 132 valence electrons. The Kier molecular flexibility index (Phi) is 3.77. The molecule has 0 unspecified atom stereocenters. The van der Waals surface area contributed by atoms with Crippen LogP contribution in [-0.2, 0) is 6.18 Å². The molecule has 26 heavy (non-hydrogen) atoms. The first kappa shape index (κ1) is 17.0. The van der Waals surface area contributed by atoms with E-state index in [9.17, 15) is 13.2 Å². The maximum absolute atomic E-state index is 13.6. The Balaban J connectivity index is 2.22. The summed E-state index contributed by atoms with van der Waals surface area (Å²) in [5.74, 6) is 0. The summed E-state index contributed by atoms with van der Waals surface area (Å²) < 4.78 is 40.9. The van der Waals surface area contributed by atoms with E-state index in [1.165, 1.54) is 13.0 Å². The molecule has 0 radical (unpaired) electrons. The highest BCUT2D eigenvalue weighted by Gasteiger charge is 2.34. The monoisotopic (exact) mass is 372 g/mol. The van der Waals surface area contributed by atoms with E-state index < -0.39 is 11.7 Å². The average molecular weight is 372 g/mol. The second kappa shape index (κ2) is 5.77. The van der Waals surface area contributed by atoms with Crippen LogP contribution in [0.5, 0.6) is 0 Å². The first-order chi connectivity index (χ1) is 12.3. The lowest BCUT2D eigenvalue weighted by atomic mass is 9.93. The number of fused-ring (bicyclic) bond motifs is 3. The van der Waals surface area contributed by atoms with Crippen molar-refractivity contribution >= 4 is 34.6 Å². The third-order valence-corrected chi connectivity index (χ3v) is 4.86. The molecule has 2 heterocycles. The van der Waals surface area contributed by atoms with Gasteiger partial charge in [-0.05, 0) is 60.4 Å². The van der Waals surface area contributed by atoms with E-state index in [-0.39, 0.29) is 5.56 Å². The summed E-state index contributed by atoms with van der Waals surface area (Å²) >= 11 is 4.33. The van der Waals surface area contributed by atoms with Crippen LogP contribution in [0.15, 0.2) is 47.5 Å². The molecule has 0 aliphatic rings. The van der Waals surface area contributed by atoms with Crippen LogP contribution >= 0.6 is 12.6 Å². The number of aryl methyl sites for hydroxylation is 2. The van der Waals surface area contributed by atoms with Crippen LogP contribution in [0.2, 0.25) is 0 Å². The van der Waals surface area contributed by atoms with E-state index in [1.54, 1.807) is 30.5 Å². The summed E-state index contributed by atoms with van der Waals surface area (Å²) in [4.78, 5) is 8.13. The minimum atomic E-state index is -4.44. The van der Waals surface area contributed by atoms with Gasteiger partial charge >= 0.3 is 6.18 Å². The number of aromatic amines is 1. The predicted octanol–water partition coefficient (Wildman–Crippen LogP) is 6.31. The zero-order valence-corrected chi connectivity index (χ0v) is 15.0. The molecular formula is C20H15F3N2S. The zero-order chi connectivity index (χ0) is 18.6. The number of H-pyrrole nitrogens is 1. The van der Waals surface area contributed by atoms with Gasteiger partial charge < -0.3 is 4.98 Å². The van der Waals surface area contributed by atoms with Crippen molar-refractivity contribution in [2.24, 2.45) is 0 Å². The summed E-state index contributed by atoms with van der Waals surface area (Å²) in [6, 6.07) is 10.3. The van der Waals surface area contributed by atoms with E-state index in [0.29, 0.717) is 27.2 Å². The van der Waals surface area contributed by atoms with Crippen molar-refractivity contribution in [1.29, 1.82) is 0 Å². The van der Waals surface area contributed by atoms with E-state index in [2.05, 4.69) is 22.6 Å². The molecule has 0 fully saturated rings. The smallest absolute Gasteiger partial charge is 0.339 e. The molecule has 6 heteroatoms. The maximum Gasteiger partial charge on any atom is 0.416 e. The largest absolute Gasteiger partial charge is 0.416 e. The highest BCUT2D eigenvalue weighted by Crippen LogP contribution is 2.42. The molecule has 0 aliphatic heterocycles. The van der Waals surface area contributed by atoms with Crippen molar-refractivity contribution in [3.05, 3.63) is 59.3 Å². The fourth-order valence-corrected chi connectivity index (χ4v) is 3.62. The lowest BCUT2D eigenvalue weighted by molar-refractivity contribution is -0.137. The molecule has 0 amide bonds. The Morgan fingerprint density at radius 3 is 2.54 bits per heavy atom. The Morgan fingerprint density at radius 2 is 1.85 bits per heavy atom. The second-order valence-corrected chi connectivity index (χ2v) is 6.95. The standard InChI is InChI=1S/C20H15F3N2S/c1-10-6-15-17-14(12-4-3-5-13(26)7-12)8-16(20(21,22)23)11(2)18(17)25-19(15)24-9-10/h3-9,26H,1-2H3,(H,24,25). The number of pyridine rings is 1. The predicted molar refractivity (Wildman–Crippen MR) is 101 cm³/mol. The van der Waals surface area contributed by atoms with Gasteiger partial charge in [-0.25, -0.2) is 4.98 Å². The molecule has 0 saturated carbocycles. The summed E-state index contributed by atoms with van der Waals surface area (Å²) in [6.07, 6.45) is -2.74. The normalized spacial score (nSPS) is 12.2. The molecule has 0 saturated heterocycles. The van der Waals surface area contributed by atoms with Gasteiger partial charge in [-0.3, -0.25) is 0 Å². The second-order valence-electron chi connectivity index (χ2n) is 6.43. The van der Waals surface area contributed by atoms with Crippen LogP contribution < -0.4 is 0 Å². The molecule has 2 aromatic heterocycles. The van der Waals surface area contributed by atoms with E-state index in [1.807, 2.05) is 13.0 Å². The highest BCUT2D eigenvalue weighted by atomic mass is 32.1. The van der Waals surface area contributed by atoms with Crippen molar-refractivity contribution in [2.75, 3.05) is 0 Å². The van der Waals surface area contributed by atoms with Crippen LogP contribution in [-0.4, -0.2) is 9.97 Å². The van der Waals surface area contributed by atoms with Gasteiger partial charge in [-0.1, -0.05) is 12.1 Å². The SMILES string of the molecule is Cc1cnc2[nH]c3c(C)c(C(F)(F)F)cc(-c4cccc(S)c4)c3c2c1. The number of thiol groups is 1. The zero-order valence-electron chi connectivity index (χ0n) is 14.1. The fraction of sp³-hybridized carbons (Fsp3) is 0.150. The minimum absolute atomic E-state index is 0.175. The van der Waals surface area contributed by atoms with Gasteiger partial charge in [0.25, 0.3) is 0 Å². The van der Waals surface area contributed by atoms with Crippen LogP contribution in [0.3, 0.4) is 0 Å². The Hall–Kier alpha value is -2.47. The van der Waals surface area contributed by atoms with Crippen molar-refractivity contribution in [3.63, 3.8) is 0 Å². The van der Waals surface area contributed by atoms with Crippen molar-refractivity contribution in [1.82, 2.24) is 9.97 Å². The lowest BCUT2D eigenvalue weighted by Crippen LogP contribution is -2.08. The van der Waals surface area contributed by atoms with Crippen LogP contribution in [0, 0.1) is 13.8 Å². The summed E-state index contributed by atoms with van der Waals surface area (Å²) in [6.45, 7) is 3.41. The van der Waals surface area contributed by atoms with E-state index >= 15 is 0 Å². The number of aromatic nitrogens is 2. The van der Waals surface area contributed by atoms with Gasteiger partial charge in [0.15, 0.2) is 0 Å². The van der Waals surface area contributed by atoms with Crippen LogP contribution in [0.25, 0.3) is 33.1 Å². The van der Waals surface area contributed by atoms with E-state index in [0.717, 1.165) is 16.3 Å². The van der Waals surface area contributed by atoms with Gasteiger partial charge in [-0.15, -0.1) is 12.6 Å². The van der Waals surface area contributed by atoms with Crippen LogP contribution in [0.4, 0.5) is 13.2 Å². The van der Waals surface area contributed by atoms with Gasteiger partial charge in [0.05, 0.1) is 11.1 Å². The van der Waals surface area contributed by atoms with Crippen molar-refractivity contribution < 1.29 is 13.2 Å². The van der Waals surface area contributed by atoms with Crippen molar-refractivity contribution in [2.45, 2.75) is 24.9 Å². The van der Waals surface area contributed by atoms with Crippen LogP contribution in [0.1, 0.15) is 16.7 Å². The number of alkyl halides is 3. The minimum Gasteiger partial charge on any atom is -0.339 e. The lowest BCUT2D eigenvalue weighted by Gasteiger charge is -2.15. The topological polar surface area (TPSA) is 28.7 Å². The fourth-order valence-electron chi connectivity index (χ4n) is 3.39. The molecule has 0 spiro atoms. The Labute approximate surface area is 153 Å². The van der Waals surface area contributed by atoms with Gasteiger partial charge in [0.2, 0.25) is 0 Å². The van der Waals surface area contributed by atoms with Gasteiger partial charge in [0, 0.05) is 21.9 Å². The molecule has 0 atom stereocenters. The summed E-state index contributed by atoms with van der Waals surface area (Å²) in [5, 5.41) is 1.57. The Bertz CT molecular complexity index is 1160. The van der Waals surface area contributed by atoms with Crippen molar-refractivity contribution in [3.8, 4) is 11.1 Å². The number of benzene rings is 2. The third kappa shape index (κ3) is 2.65. The first-order valence-corrected chi connectivity index (χ1v) is 8.48.